The van der Waals surface area contributed by atoms with Gasteiger partial charge in [-0.15, -0.1) is 0 Å². The molecule has 0 radical (unpaired) electrons. The van der Waals surface area contributed by atoms with Gasteiger partial charge in [0.15, 0.2) is 6.61 Å². The highest BCUT2D eigenvalue weighted by Crippen LogP contribution is 2.28. The Morgan fingerprint density at radius 3 is 2.89 bits per heavy atom. The van der Waals surface area contributed by atoms with Gasteiger partial charge in [0.05, 0.1) is 0 Å². The number of aryl methyl sites for hydroxylation is 1. The molecule has 0 aliphatic carbocycles. The Kier molecular flexibility index (Phi) is 4.55. The lowest BCUT2D eigenvalue weighted by atomic mass is 10.1. The molecule has 0 saturated heterocycles. The molecule has 0 fully saturated rings. The Morgan fingerprint density at radius 2 is 2.26 bits per heavy atom. The number of ether oxygens (including phenoxy) is 1. The van der Waals surface area contributed by atoms with E-state index < -0.39 is 0 Å². The summed E-state index contributed by atoms with van der Waals surface area (Å²) in [7, 11) is 1.91. The van der Waals surface area contributed by atoms with E-state index in [1.807, 2.05) is 25.2 Å². The highest BCUT2D eigenvalue weighted by Gasteiger charge is 2.12. The first kappa shape index (κ1) is 14.0. The molecule has 19 heavy (non-hydrogen) atoms. The maximum absolute atomic E-state index is 5.77. The number of nitrogens with zero attached hydrogens (tertiary/aromatic N) is 2. The average molecular weight is 326 g/mol. The summed E-state index contributed by atoms with van der Waals surface area (Å²) in [5.41, 5.74) is 1.08. The fourth-order valence-electron chi connectivity index (χ4n) is 1.69. The lowest BCUT2D eigenvalue weighted by Gasteiger charge is -2.16. The third-order valence-electron chi connectivity index (χ3n) is 2.80. The van der Waals surface area contributed by atoms with Gasteiger partial charge in [-0.05, 0) is 32.2 Å². The summed E-state index contributed by atoms with van der Waals surface area (Å²) in [6.07, 6.45) is 0. The van der Waals surface area contributed by atoms with Crippen molar-refractivity contribution in [2.45, 2.75) is 26.5 Å². The van der Waals surface area contributed by atoms with Crippen molar-refractivity contribution in [1.82, 2.24) is 15.5 Å². The molecule has 0 spiro atoms. The molecule has 102 valence electrons. The van der Waals surface area contributed by atoms with Crippen LogP contribution < -0.4 is 10.1 Å². The van der Waals surface area contributed by atoms with Crippen LogP contribution in [0.5, 0.6) is 5.75 Å². The summed E-state index contributed by atoms with van der Waals surface area (Å²) in [6, 6.07) is 6.11. The maximum atomic E-state index is 5.77. The number of hydrogen-bond acceptors (Lipinski definition) is 5. The Morgan fingerprint density at radius 1 is 1.47 bits per heavy atom. The van der Waals surface area contributed by atoms with Crippen LogP contribution in [0.4, 0.5) is 0 Å². The molecular formula is C13H16BrN3O2. The van der Waals surface area contributed by atoms with Crippen LogP contribution in [0, 0.1) is 6.92 Å². The van der Waals surface area contributed by atoms with E-state index in [-0.39, 0.29) is 6.04 Å². The lowest BCUT2D eigenvalue weighted by Crippen LogP contribution is -2.14. The highest BCUT2D eigenvalue weighted by molar-refractivity contribution is 9.10. The number of rotatable bonds is 5. The summed E-state index contributed by atoms with van der Waals surface area (Å²) >= 11 is 3.47. The van der Waals surface area contributed by atoms with Gasteiger partial charge in [-0.25, -0.2) is 0 Å². The Bertz CT molecular complexity index is 557. The van der Waals surface area contributed by atoms with Crippen LogP contribution in [0.2, 0.25) is 0 Å². The highest BCUT2D eigenvalue weighted by atomic mass is 79.9. The Labute approximate surface area is 120 Å². The van der Waals surface area contributed by atoms with Crippen molar-refractivity contribution in [1.29, 1.82) is 0 Å². The van der Waals surface area contributed by atoms with Gasteiger partial charge >= 0.3 is 0 Å². The quantitative estimate of drug-likeness (QED) is 0.915. The van der Waals surface area contributed by atoms with E-state index in [4.69, 9.17) is 9.26 Å². The van der Waals surface area contributed by atoms with E-state index in [9.17, 15) is 0 Å². The molecule has 2 rings (SSSR count). The lowest BCUT2D eigenvalue weighted by molar-refractivity contribution is 0.281. The van der Waals surface area contributed by atoms with E-state index >= 15 is 0 Å². The van der Waals surface area contributed by atoms with Crippen LogP contribution in [0.25, 0.3) is 0 Å². The Hall–Kier alpha value is -1.40. The second kappa shape index (κ2) is 6.16. The van der Waals surface area contributed by atoms with E-state index in [1.165, 1.54) is 0 Å². The van der Waals surface area contributed by atoms with Gasteiger partial charge in [-0.2, -0.15) is 4.98 Å². The van der Waals surface area contributed by atoms with Crippen LogP contribution >= 0.6 is 15.9 Å². The summed E-state index contributed by atoms with van der Waals surface area (Å²) in [6.45, 7) is 4.13. The smallest absolute Gasteiger partial charge is 0.223 e. The molecule has 6 heteroatoms. The van der Waals surface area contributed by atoms with Gasteiger partial charge in [0, 0.05) is 23.0 Å². The standard InChI is InChI=1S/C13H16BrN3O2/c1-8(15-3)11-6-10(14)4-5-12(11)18-7-13-16-9(2)19-17-13/h4-6,8,15H,7H2,1-3H3. The Balaban J connectivity index is 2.15. The summed E-state index contributed by atoms with van der Waals surface area (Å²) < 4.78 is 11.7. The van der Waals surface area contributed by atoms with Crippen molar-refractivity contribution in [2.75, 3.05) is 7.05 Å². The normalized spacial score (nSPS) is 12.4. The monoisotopic (exact) mass is 325 g/mol. The second-order valence-electron chi connectivity index (χ2n) is 4.21. The zero-order chi connectivity index (χ0) is 13.8. The van der Waals surface area contributed by atoms with Crippen molar-refractivity contribution in [2.24, 2.45) is 0 Å². The first-order valence-electron chi connectivity index (χ1n) is 5.99. The molecule has 2 aromatic rings. The molecule has 0 amide bonds. The third-order valence-corrected chi connectivity index (χ3v) is 3.29. The van der Waals surface area contributed by atoms with Crippen LogP contribution in [0.15, 0.2) is 27.2 Å². The fourth-order valence-corrected chi connectivity index (χ4v) is 2.07. The van der Waals surface area contributed by atoms with Gasteiger partial charge in [-0.1, -0.05) is 21.1 Å². The van der Waals surface area contributed by atoms with Crippen molar-refractivity contribution in [3.05, 3.63) is 40.0 Å². The number of halogens is 1. The molecule has 1 aromatic heterocycles. The molecule has 1 atom stereocenters. The van der Waals surface area contributed by atoms with Gasteiger partial charge < -0.3 is 14.6 Å². The number of aromatic nitrogens is 2. The SMILES string of the molecule is CNC(C)c1cc(Br)ccc1OCc1noc(C)n1. The zero-order valence-corrected chi connectivity index (χ0v) is 12.7. The van der Waals surface area contributed by atoms with Crippen molar-refractivity contribution < 1.29 is 9.26 Å². The van der Waals surface area contributed by atoms with E-state index in [0.29, 0.717) is 18.3 Å². The maximum Gasteiger partial charge on any atom is 0.223 e. The van der Waals surface area contributed by atoms with Crippen LogP contribution in [-0.2, 0) is 6.61 Å². The van der Waals surface area contributed by atoms with Crippen LogP contribution in [0.1, 0.15) is 30.2 Å². The molecule has 1 unspecified atom stereocenters. The summed E-state index contributed by atoms with van der Waals surface area (Å²) in [4.78, 5) is 4.11. The number of benzene rings is 1. The van der Waals surface area contributed by atoms with Crippen LogP contribution in [-0.4, -0.2) is 17.2 Å². The van der Waals surface area contributed by atoms with Gasteiger partial charge in [0.2, 0.25) is 11.7 Å². The molecule has 1 heterocycles. The minimum Gasteiger partial charge on any atom is -0.485 e. The van der Waals surface area contributed by atoms with Crippen molar-refractivity contribution >= 4 is 15.9 Å². The van der Waals surface area contributed by atoms with Crippen molar-refractivity contribution in [3.8, 4) is 5.75 Å². The molecule has 1 N–H and O–H groups in total. The fraction of sp³-hybridized carbons (Fsp3) is 0.385. The topological polar surface area (TPSA) is 60.2 Å². The van der Waals surface area contributed by atoms with Gasteiger partial charge in [-0.3, -0.25) is 0 Å². The van der Waals surface area contributed by atoms with E-state index in [0.717, 1.165) is 15.8 Å². The number of hydrogen-bond donors (Lipinski definition) is 1. The van der Waals surface area contributed by atoms with E-state index in [2.05, 4.69) is 38.3 Å². The minimum atomic E-state index is 0.194. The van der Waals surface area contributed by atoms with Crippen LogP contribution in [0.3, 0.4) is 0 Å². The van der Waals surface area contributed by atoms with Gasteiger partial charge in [0.1, 0.15) is 5.75 Å². The molecule has 0 aliphatic heterocycles. The molecule has 0 bridgehead atoms. The minimum absolute atomic E-state index is 0.194. The molecule has 0 aliphatic rings. The predicted octanol–water partition coefficient (Wildman–Crippen LogP) is 3.00. The summed E-state index contributed by atoms with van der Waals surface area (Å²) in [5.74, 6) is 1.90. The predicted molar refractivity (Wildman–Crippen MR) is 75.0 cm³/mol. The molecule has 5 nitrogen and oxygen atoms in total. The second-order valence-corrected chi connectivity index (χ2v) is 5.13. The zero-order valence-electron chi connectivity index (χ0n) is 11.1. The largest absolute Gasteiger partial charge is 0.485 e. The number of nitrogens with one attached hydrogen (secondary N) is 1. The molecule has 0 saturated carbocycles. The van der Waals surface area contributed by atoms with Crippen molar-refractivity contribution in [3.63, 3.8) is 0 Å². The molecular weight excluding hydrogens is 310 g/mol. The first-order valence-corrected chi connectivity index (χ1v) is 6.78. The third kappa shape index (κ3) is 3.54. The molecule has 1 aromatic carbocycles. The van der Waals surface area contributed by atoms with E-state index in [1.54, 1.807) is 6.92 Å². The first-order chi connectivity index (χ1) is 9.10. The average Bonchev–Trinajstić information content (AvgIpc) is 2.82. The summed E-state index contributed by atoms with van der Waals surface area (Å²) in [5, 5.41) is 7.01. The van der Waals surface area contributed by atoms with Gasteiger partial charge in [0.25, 0.3) is 0 Å².